The van der Waals surface area contributed by atoms with E-state index in [1.54, 1.807) is 24.3 Å². The van der Waals surface area contributed by atoms with Crippen molar-refractivity contribution < 1.29 is 19.1 Å². The molecule has 0 aliphatic carbocycles. The molecule has 2 aromatic rings. The first kappa shape index (κ1) is 20.4. The van der Waals surface area contributed by atoms with E-state index in [-0.39, 0.29) is 17.3 Å². The average Bonchev–Trinajstić information content (AvgIpc) is 2.67. The molecule has 0 spiro atoms. The van der Waals surface area contributed by atoms with Crippen molar-refractivity contribution in [3.8, 4) is 5.75 Å². The van der Waals surface area contributed by atoms with Crippen molar-refractivity contribution in [2.75, 3.05) is 6.61 Å². The molecule has 6 heteroatoms. The largest absolute Gasteiger partial charge is 0.507 e. The highest BCUT2D eigenvalue weighted by Gasteiger charge is 2.09. The van der Waals surface area contributed by atoms with Crippen molar-refractivity contribution in [3.63, 3.8) is 0 Å². The number of esters is 1. The zero-order valence-electron chi connectivity index (χ0n) is 15.7. The van der Waals surface area contributed by atoms with Crippen LogP contribution >= 0.6 is 0 Å². The van der Waals surface area contributed by atoms with Gasteiger partial charge in [0.25, 0.3) is 0 Å². The maximum absolute atomic E-state index is 12.0. The normalized spacial score (nSPS) is 11.0. The first-order valence-corrected chi connectivity index (χ1v) is 9.22. The smallest absolute Gasteiger partial charge is 0.348 e. The summed E-state index contributed by atoms with van der Waals surface area (Å²) in [4.78, 5) is 28.0. The maximum Gasteiger partial charge on any atom is 0.348 e. The second-order valence-corrected chi connectivity index (χ2v) is 6.15. The van der Waals surface area contributed by atoms with Gasteiger partial charge in [0, 0.05) is 18.7 Å². The van der Waals surface area contributed by atoms with Crippen molar-refractivity contribution in [3.05, 3.63) is 57.6 Å². The minimum atomic E-state index is -0.640. The van der Waals surface area contributed by atoms with Gasteiger partial charge in [-0.2, -0.15) is 0 Å². The van der Waals surface area contributed by atoms with E-state index in [1.807, 2.05) is 6.92 Å². The van der Waals surface area contributed by atoms with E-state index in [2.05, 4.69) is 11.9 Å². The number of ether oxygens (including phenoxy) is 1. The Balaban J connectivity index is 1.98. The number of carbonyl (C=O) groups excluding carboxylic acids is 1. The molecular formula is C21H25NO5. The van der Waals surface area contributed by atoms with Gasteiger partial charge in [-0.3, -0.25) is 4.99 Å². The van der Waals surface area contributed by atoms with Crippen molar-refractivity contribution in [1.29, 1.82) is 0 Å². The van der Waals surface area contributed by atoms with Crippen LogP contribution in [-0.4, -0.2) is 23.9 Å². The van der Waals surface area contributed by atoms with Crippen LogP contribution in [0.4, 0.5) is 5.69 Å². The lowest BCUT2D eigenvalue weighted by atomic mass is 10.2. The summed E-state index contributed by atoms with van der Waals surface area (Å²) < 4.78 is 10.3. The second-order valence-electron chi connectivity index (χ2n) is 6.15. The number of hydrogen-bond donors (Lipinski definition) is 1. The van der Waals surface area contributed by atoms with Crippen molar-refractivity contribution in [2.24, 2.45) is 4.99 Å². The number of carbonyl (C=O) groups is 1. The molecular weight excluding hydrogens is 346 g/mol. The molecule has 1 aromatic heterocycles. The van der Waals surface area contributed by atoms with E-state index < -0.39 is 5.63 Å². The zero-order valence-corrected chi connectivity index (χ0v) is 15.7. The summed E-state index contributed by atoms with van der Waals surface area (Å²) in [5.74, 6) is -0.127. The van der Waals surface area contributed by atoms with Gasteiger partial charge in [-0.1, -0.05) is 33.1 Å². The van der Waals surface area contributed by atoms with E-state index in [9.17, 15) is 14.7 Å². The third-order valence-corrected chi connectivity index (χ3v) is 4.04. The molecule has 0 saturated carbocycles. The molecule has 0 aliphatic rings. The second kappa shape index (κ2) is 10.3. The summed E-state index contributed by atoms with van der Waals surface area (Å²) in [5, 5.41) is 9.92. The summed E-state index contributed by atoms with van der Waals surface area (Å²) in [6, 6.07) is 7.92. The van der Waals surface area contributed by atoms with Crippen LogP contribution in [0.1, 0.15) is 61.2 Å². The van der Waals surface area contributed by atoms with Crippen LogP contribution in [0.3, 0.4) is 0 Å². The monoisotopic (exact) mass is 371 g/mol. The van der Waals surface area contributed by atoms with Gasteiger partial charge >= 0.3 is 11.6 Å². The van der Waals surface area contributed by atoms with Gasteiger partial charge in [-0.25, -0.2) is 9.59 Å². The van der Waals surface area contributed by atoms with Crippen molar-refractivity contribution in [1.82, 2.24) is 0 Å². The molecule has 1 aromatic carbocycles. The first-order valence-electron chi connectivity index (χ1n) is 9.22. The van der Waals surface area contributed by atoms with Crippen LogP contribution in [0.15, 0.2) is 44.5 Å². The highest BCUT2D eigenvalue weighted by Crippen LogP contribution is 2.17. The Bertz CT molecular complexity index is 837. The summed E-state index contributed by atoms with van der Waals surface area (Å²) in [5.41, 5.74) is 0.327. The maximum atomic E-state index is 12.0. The number of aliphatic imine (C=N–C) groups is 1. The predicted octanol–water partition coefficient (Wildman–Crippen LogP) is 4.40. The van der Waals surface area contributed by atoms with Crippen LogP contribution in [0.25, 0.3) is 0 Å². The molecule has 27 heavy (non-hydrogen) atoms. The molecule has 6 nitrogen and oxygen atoms in total. The molecule has 0 saturated heterocycles. The minimum Gasteiger partial charge on any atom is -0.507 e. The highest BCUT2D eigenvalue weighted by atomic mass is 16.5. The SMILES string of the molecule is CCCCCCOC(=O)c1ccc(N=Cc2c(O)cc(CC)oc2=O)cc1. The summed E-state index contributed by atoms with van der Waals surface area (Å²) in [7, 11) is 0. The zero-order chi connectivity index (χ0) is 19.6. The Morgan fingerprint density at radius 3 is 2.56 bits per heavy atom. The molecule has 0 bridgehead atoms. The van der Waals surface area contributed by atoms with E-state index >= 15 is 0 Å². The van der Waals surface area contributed by atoms with E-state index in [4.69, 9.17) is 9.15 Å². The quantitative estimate of drug-likeness (QED) is 0.401. The molecule has 0 radical (unpaired) electrons. The Morgan fingerprint density at radius 1 is 1.19 bits per heavy atom. The predicted molar refractivity (Wildman–Crippen MR) is 104 cm³/mol. The van der Waals surface area contributed by atoms with Gasteiger partial charge in [0.15, 0.2) is 0 Å². The number of rotatable bonds is 9. The Morgan fingerprint density at radius 2 is 1.93 bits per heavy atom. The molecule has 0 atom stereocenters. The highest BCUT2D eigenvalue weighted by molar-refractivity contribution is 5.90. The third kappa shape index (κ3) is 6.09. The van der Waals surface area contributed by atoms with Crippen LogP contribution in [0, 0.1) is 0 Å². The fourth-order valence-corrected chi connectivity index (χ4v) is 2.43. The van der Waals surface area contributed by atoms with Gasteiger partial charge < -0.3 is 14.3 Å². The van der Waals surface area contributed by atoms with Gasteiger partial charge in [0.05, 0.1) is 17.9 Å². The summed E-state index contributed by atoms with van der Waals surface area (Å²) >= 11 is 0. The number of benzene rings is 1. The molecule has 0 unspecified atom stereocenters. The number of aromatic hydroxyl groups is 1. The lowest BCUT2D eigenvalue weighted by Gasteiger charge is -2.05. The van der Waals surface area contributed by atoms with E-state index in [0.717, 1.165) is 25.7 Å². The van der Waals surface area contributed by atoms with Gasteiger partial charge in [-0.15, -0.1) is 0 Å². The van der Waals surface area contributed by atoms with E-state index in [0.29, 0.717) is 30.0 Å². The van der Waals surface area contributed by atoms with Gasteiger partial charge in [-0.05, 0) is 30.7 Å². The number of hydrogen-bond acceptors (Lipinski definition) is 6. The lowest BCUT2D eigenvalue weighted by Crippen LogP contribution is -2.08. The molecule has 2 rings (SSSR count). The Hall–Kier alpha value is -2.89. The number of unbranched alkanes of at least 4 members (excludes halogenated alkanes) is 3. The molecule has 0 aliphatic heterocycles. The van der Waals surface area contributed by atoms with Gasteiger partial charge in [0.1, 0.15) is 17.1 Å². The van der Waals surface area contributed by atoms with Crippen LogP contribution < -0.4 is 5.63 Å². The van der Waals surface area contributed by atoms with Gasteiger partial charge in [0.2, 0.25) is 0 Å². The molecule has 1 heterocycles. The van der Waals surface area contributed by atoms with Crippen molar-refractivity contribution >= 4 is 17.9 Å². The number of aryl methyl sites for hydroxylation is 1. The Kier molecular flexibility index (Phi) is 7.79. The fraction of sp³-hybridized carbons (Fsp3) is 0.381. The average molecular weight is 371 g/mol. The third-order valence-electron chi connectivity index (χ3n) is 4.04. The standard InChI is InChI=1S/C21H25NO5/c1-3-5-6-7-12-26-20(24)15-8-10-16(11-9-15)22-14-18-19(23)13-17(4-2)27-21(18)25/h8-11,13-14,23H,3-7,12H2,1-2H3. The summed E-state index contributed by atoms with van der Waals surface area (Å²) in [6.07, 6.45) is 5.96. The topological polar surface area (TPSA) is 89.1 Å². The molecule has 144 valence electrons. The first-order chi connectivity index (χ1) is 13.0. The molecule has 0 amide bonds. The molecule has 1 N–H and O–H groups in total. The minimum absolute atomic E-state index is 0.0113. The summed E-state index contributed by atoms with van der Waals surface area (Å²) in [6.45, 7) is 4.37. The van der Waals surface area contributed by atoms with Crippen molar-refractivity contribution in [2.45, 2.75) is 46.0 Å². The lowest BCUT2D eigenvalue weighted by molar-refractivity contribution is 0.0498. The van der Waals surface area contributed by atoms with Crippen LogP contribution in [-0.2, 0) is 11.2 Å². The Labute approximate surface area is 158 Å². The van der Waals surface area contributed by atoms with Crippen LogP contribution in [0.2, 0.25) is 0 Å². The van der Waals surface area contributed by atoms with Crippen LogP contribution in [0.5, 0.6) is 5.75 Å². The van der Waals surface area contributed by atoms with E-state index in [1.165, 1.54) is 12.3 Å². The molecule has 0 fully saturated rings. The number of nitrogens with zero attached hydrogens (tertiary/aromatic N) is 1. The fourth-order valence-electron chi connectivity index (χ4n) is 2.43.